The zero-order valence-electron chi connectivity index (χ0n) is 31.1. The minimum atomic E-state index is -1.26. The molecule has 0 radical (unpaired) electrons. The molecule has 1 atom stereocenters. The number of aromatic nitrogens is 1. The van der Waals surface area contributed by atoms with Gasteiger partial charge in [-0.1, -0.05) is 30.4 Å². The van der Waals surface area contributed by atoms with Gasteiger partial charge < -0.3 is 29.6 Å². The van der Waals surface area contributed by atoms with Gasteiger partial charge in [0.2, 0.25) is 0 Å². The molecule has 3 aliphatic heterocycles. The summed E-state index contributed by atoms with van der Waals surface area (Å²) in [7, 11) is 2.67. The van der Waals surface area contributed by atoms with Crippen molar-refractivity contribution in [2.75, 3.05) is 20.0 Å². The maximum absolute atomic E-state index is 13.1. The molecule has 0 bridgehead atoms. The third kappa shape index (κ3) is 8.45. The van der Waals surface area contributed by atoms with E-state index in [1.54, 1.807) is 19.1 Å². The van der Waals surface area contributed by atoms with Gasteiger partial charge in [0.15, 0.2) is 4.90 Å². The van der Waals surface area contributed by atoms with Gasteiger partial charge in [-0.2, -0.15) is 0 Å². The first-order valence-electron chi connectivity index (χ1n) is 17.2. The van der Waals surface area contributed by atoms with Crippen molar-refractivity contribution in [3.8, 4) is 0 Å². The van der Waals surface area contributed by atoms with E-state index in [-0.39, 0.29) is 30.6 Å². The lowest BCUT2D eigenvalue weighted by Gasteiger charge is -2.10. The maximum atomic E-state index is 13.1. The molecule has 0 saturated carbocycles. The molecule has 2 amide bonds. The second kappa shape index (κ2) is 16.5. The number of benzene rings is 1. The highest BCUT2D eigenvalue weighted by molar-refractivity contribution is 7.91. The van der Waals surface area contributed by atoms with Crippen molar-refractivity contribution in [2.45, 2.75) is 65.2 Å². The molecule has 3 aliphatic rings. The Balaban J connectivity index is 1.53. The van der Waals surface area contributed by atoms with E-state index in [0.717, 1.165) is 32.7 Å². The Bertz CT molecular complexity index is 2120. The van der Waals surface area contributed by atoms with Crippen LogP contribution in [0, 0.1) is 13.8 Å². The first-order chi connectivity index (χ1) is 25.3. The van der Waals surface area contributed by atoms with Gasteiger partial charge in [-0.15, -0.1) is 0 Å². The van der Waals surface area contributed by atoms with Gasteiger partial charge in [-0.3, -0.25) is 19.2 Å². The fourth-order valence-corrected chi connectivity index (χ4v) is 7.46. The smallest absolute Gasteiger partial charge is 0.310 e. The van der Waals surface area contributed by atoms with Crippen LogP contribution >= 0.6 is 0 Å². The topological polar surface area (TPSA) is 162 Å². The summed E-state index contributed by atoms with van der Waals surface area (Å²) in [6, 6.07) is 7.53. The number of nitrogens with zero attached hydrogens (tertiary/aromatic N) is 1. The van der Waals surface area contributed by atoms with E-state index < -0.39 is 17.1 Å². The number of aromatic amines is 1. The Labute approximate surface area is 312 Å². The number of aliphatic imine (C=N–C) groups is 1. The Hall–Kier alpha value is -5.46. The number of methoxy groups -OCH3 is 2. The molecule has 11 nitrogen and oxygen atoms in total. The maximum Gasteiger partial charge on any atom is 0.310 e. The van der Waals surface area contributed by atoms with E-state index in [2.05, 4.69) is 22.2 Å². The minimum absolute atomic E-state index is 0.0298. The molecule has 2 aromatic rings. The van der Waals surface area contributed by atoms with Crippen LogP contribution in [-0.2, 0) is 46.2 Å². The third-order valence-electron chi connectivity index (χ3n) is 9.73. The highest BCUT2D eigenvalue weighted by Gasteiger charge is 2.28. The highest BCUT2D eigenvalue weighted by atomic mass is 32.2. The lowest BCUT2D eigenvalue weighted by atomic mass is 9.98. The number of aryl methyl sites for hydroxylation is 1. The van der Waals surface area contributed by atoms with E-state index in [9.17, 15) is 23.7 Å². The zero-order valence-corrected chi connectivity index (χ0v) is 31.9. The van der Waals surface area contributed by atoms with Crippen LogP contribution in [-0.4, -0.2) is 59.0 Å². The molecule has 1 aromatic carbocycles. The Morgan fingerprint density at radius 3 is 2.17 bits per heavy atom. The molecule has 0 aliphatic carbocycles. The molecule has 0 saturated heterocycles. The first-order valence-corrected chi connectivity index (χ1v) is 18.5. The van der Waals surface area contributed by atoms with Crippen LogP contribution in [0.3, 0.4) is 0 Å². The molecular formula is C41H44N4O7S. The molecule has 1 aromatic heterocycles. The van der Waals surface area contributed by atoms with Crippen LogP contribution in [0.15, 0.2) is 103 Å². The predicted molar refractivity (Wildman–Crippen MR) is 206 cm³/mol. The van der Waals surface area contributed by atoms with Gasteiger partial charge in [-0.25, -0.2) is 4.99 Å². The average Bonchev–Trinajstić information content (AvgIpc) is 3.78. The molecule has 5 rings (SSSR count). The lowest BCUT2D eigenvalue weighted by molar-refractivity contribution is -0.141. The largest absolute Gasteiger partial charge is 0.611 e. The SMILES string of the molecule is C=CC1=C(C)C(=O)N/C1=C\C1=NC(=C\c2[nH]c(/C=C3\NC(=O)C(CC[S+]([O-])c4ccc(C)cc4)=C3C)c(C)c2CC(=O)OC)/C(CCC(=O)OC)=C1C. The Morgan fingerprint density at radius 2 is 1.51 bits per heavy atom. The summed E-state index contributed by atoms with van der Waals surface area (Å²) in [5.74, 6) is -0.950. The van der Waals surface area contributed by atoms with Crippen molar-refractivity contribution in [3.05, 3.63) is 122 Å². The molecule has 4 heterocycles. The number of carbonyl (C=O) groups excluding carboxylic acids is 4. The number of amides is 2. The van der Waals surface area contributed by atoms with Crippen LogP contribution < -0.4 is 10.6 Å². The molecular weight excluding hydrogens is 693 g/mol. The lowest BCUT2D eigenvalue weighted by Crippen LogP contribution is -2.18. The van der Waals surface area contributed by atoms with Gasteiger partial charge in [0.1, 0.15) is 5.75 Å². The number of H-pyrrole nitrogens is 1. The number of rotatable bonds is 13. The summed E-state index contributed by atoms with van der Waals surface area (Å²) < 4.78 is 22.9. The van der Waals surface area contributed by atoms with Crippen molar-refractivity contribution in [2.24, 2.45) is 4.99 Å². The fraction of sp³-hybridized carbons (Fsp3) is 0.293. The number of hydrogen-bond acceptors (Lipinski definition) is 8. The van der Waals surface area contributed by atoms with E-state index in [1.807, 2.05) is 64.1 Å². The minimum Gasteiger partial charge on any atom is -0.611 e. The number of hydrogen-bond donors (Lipinski definition) is 3. The van der Waals surface area contributed by atoms with Crippen molar-refractivity contribution in [1.29, 1.82) is 0 Å². The summed E-state index contributed by atoms with van der Waals surface area (Å²) in [4.78, 5) is 59.4. The van der Waals surface area contributed by atoms with Crippen molar-refractivity contribution >= 4 is 52.8 Å². The molecule has 12 heteroatoms. The standard InChI is InChI=1S/C41H44N4O7S/c1-9-28-26(6)40(48)45-35(28)20-33-23(3)29(14-15-38(46)51-7)36(42-33)21-37-31(18-39(47)52-8)25(5)32(43-37)19-34-24(4)30(41(49)44-34)16-17-53(50)27-12-10-22(2)11-13-27/h9-13,19-21,43H,1,14-18H2,2-8H3,(H,44,49)(H,45,48)/b34-19-,35-20-,36-21-. The van der Waals surface area contributed by atoms with Gasteiger partial charge in [0.05, 0.1) is 37.7 Å². The Morgan fingerprint density at radius 1 is 0.830 bits per heavy atom. The molecule has 0 fully saturated rings. The van der Waals surface area contributed by atoms with Gasteiger partial charge in [0, 0.05) is 46.6 Å². The average molecular weight is 737 g/mol. The summed E-state index contributed by atoms with van der Waals surface area (Å²) >= 11 is -1.26. The van der Waals surface area contributed by atoms with Crippen molar-refractivity contribution in [3.63, 3.8) is 0 Å². The number of ether oxygens (including phenoxy) is 2. The van der Waals surface area contributed by atoms with Gasteiger partial charge >= 0.3 is 11.9 Å². The van der Waals surface area contributed by atoms with E-state index in [4.69, 9.17) is 14.5 Å². The normalized spacial score (nSPS) is 18.7. The molecule has 276 valence electrons. The number of nitrogens with one attached hydrogen (secondary N) is 3. The summed E-state index contributed by atoms with van der Waals surface area (Å²) in [5.41, 5.74) is 10.3. The summed E-state index contributed by atoms with van der Waals surface area (Å²) in [6.45, 7) is 13.2. The van der Waals surface area contributed by atoms with Crippen LogP contribution in [0.2, 0.25) is 0 Å². The van der Waals surface area contributed by atoms with Crippen molar-refractivity contribution < 1.29 is 33.2 Å². The van der Waals surface area contributed by atoms with Crippen LogP contribution in [0.25, 0.3) is 12.2 Å². The van der Waals surface area contributed by atoms with Crippen molar-refractivity contribution in [1.82, 2.24) is 15.6 Å². The second-order valence-corrected chi connectivity index (χ2v) is 14.6. The monoisotopic (exact) mass is 736 g/mol. The number of esters is 2. The van der Waals surface area contributed by atoms with E-state index in [0.29, 0.717) is 75.1 Å². The first kappa shape index (κ1) is 38.8. The predicted octanol–water partition coefficient (Wildman–Crippen LogP) is 5.91. The van der Waals surface area contributed by atoms with Gasteiger partial charge in [-0.05, 0) is 110 Å². The Kier molecular flexibility index (Phi) is 12.0. The number of allylic oxidation sites excluding steroid dienone is 5. The molecule has 1 unspecified atom stereocenters. The quantitative estimate of drug-likeness (QED) is 0.170. The van der Waals surface area contributed by atoms with Crippen LogP contribution in [0.1, 0.15) is 68.1 Å². The molecule has 0 spiro atoms. The van der Waals surface area contributed by atoms with E-state index in [1.165, 1.54) is 14.2 Å². The van der Waals surface area contributed by atoms with Gasteiger partial charge in [0.25, 0.3) is 11.8 Å². The summed E-state index contributed by atoms with van der Waals surface area (Å²) in [6.07, 6.45) is 7.85. The highest BCUT2D eigenvalue weighted by Crippen LogP contribution is 2.35. The van der Waals surface area contributed by atoms with Crippen LogP contribution in [0.4, 0.5) is 0 Å². The summed E-state index contributed by atoms with van der Waals surface area (Å²) in [5, 5.41) is 5.83. The van der Waals surface area contributed by atoms with Crippen LogP contribution in [0.5, 0.6) is 0 Å². The van der Waals surface area contributed by atoms with E-state index >= 15 is 0 Å². The third-order valence-corrected chi connectivity index (χ3v) is 11.1. The fourth-order valence-electron chi connectivity index (χ4n) is 6.40. The second-order valence-electron chi connectivity index (χ2n) is 13.0. The molecule has 3 N–H and O–H groups in total. The number of carbonyl (C=O) groups is 4. The molecule has 53 heavy (non-hydrogen) atoms. The zero-order chi connectivity index (χ0) is 38.6.